The van der Waals surface area contributed by atoms with Crippen LogP contribution in [-0.4, -0.2) is 11.3 Å². The van der Waals surface area contributed by atoms with Gasteiger partial charge in [-0.15, -0.1) is 13.2 Å². The number of hydrogen-bond donors (Lipinski definition) is 0. The summed E-state index contributed by atoms with van der Waals surface area (Å²) in [6.07, 6.45) is 7.16. The van der Waals surface area contributed by atoms with E-state index < -0.39 is 6.49 Å². The van der Waals surface area contributed by atoms with Crippen LogP contribution in [0.4, 0.5) is 0 Å². The fourth-order valence-corrected chi connectivity index (χ4v) is 5.48. The van der Waals surface area contributed by atoms with Gasteiger partial charge in [0, 0.05) is 11.3 Å². The average Bonchev–Trinajstić information content (AvgIpc) is 2.33. The first-order valence-corrected chi connectivity index (χ1v) is 7.38. The molecule has 0 N–H and O–H groups in total. The van der Waals surface area contributed by atoms with Crippen molar-refractivity contribution in [2.24, 2.45) is 0 Å². The molecular weight excluding hydrogens is 203 g/mol. The highest BCUT2D eigenvalue weighted by atomic mass is 35.7. The van der Waals surface area contributed by atoms with E-state index in [-0.39, 0.29) is 11.3 Å². The normalized spacial score (nSPS) is 31.5. The molecule has 2 atom stereocenters. The van der Waals surface area contributed by atoms with Crippen molar-refractivity contribution in [3.8, 4) is 0 Å². The molecule has 1 fully saturated rings. The molecule has 0 aromatic rings. The zero-order valence-electron chi connectivity index (χ0n) is 7.79. The summed E-state index contributed by atoms with van der Waals surface area (Å²) in [7, 11) is 0. The van der Waals surface area contributed by atoms with Gasteiger partial charge in [-0.2, -0.15) is 0 Å². The van der Waals surface area contributed by atoms with E-state index in [9.17, 15) is 4.57 Å². The first kappa shape index (κ1) is 11.1. The highest BCUT2D eigenvalue weighted by Crippen LogP contribution is 2.68. The van der Waals surface area contributed by atoms with E-state index in [4.69, 9.17) is 11.2 Å². The smallest absolute Gasteiger partial charge is 0.175 e. The van der Waals surface area contributed by atoms with Crippen LogP contribution in [0.2, 0.25) is 0 Å². The topological polar surface area (TPSA) is 17.1 Å². The van der Waals surface area contributed by atoms with Crippen LogP contribution in [0, 0.1) is 0 Å². The van der Waals surface area contributed by atoms with Crippen molar-refractivity contribution < 1.29 is 4.57 Å². The van der Waals surface area contributed by atoms with Crippen molar-refractivity contribution in [2.45, 2.75) is 37.0 Å². The summed E-state index contributed by atoms with van der Waals surface area (Å²) in [6.45, 7) is 4.85. The van der Waals surface area contributed by atoms with Gasteiger partial charge in [0.15, 0.2) is 6.49 Å². The number of hydrogen-bond acceptors (Lipinski definition) is 1. The van der Waals surface area contributed by atoms with Gasteiger partial charge in [0.2, 0.25) is 0 Å². The second kappa shape index (κ2) is 4.48. The molecule has 0 bridgehead atoms. The third kappa shape index (κ3) is 2.27. The monoisotopic (exact) mass is 218 g/mol. The van der Waals surface area contributed by atoms with Crippen molar-refractivity contribution in [1.29, 1.82) is 0 Å². The van der Waals surface area contributed by atoms with Crippen LogP contribution in [0.1, 0.15) is 25.7 Å². The van der Waals surface area contributed by atoms with E-state index in [1.54, 1.807) is 0 Å². The van der Waals surface area contributed by atoms with Gasteiger partial charge in [-0.3, -0.25) is 0 Å². The van der Waals surface area contributed by atoms with Gasteiger partial charge in [0.1, 0.15) is 0 Å². The van der Waals surface area contributed by atoms with E-state index in [0.29, 0.717) is 0 Å². The summed E-state index contributed by atoms with van der Waals surface area (Å²) in [5.74, 6) is 0. The van der Waals surface area contributed by atoms with E-state index in [0.717, 1.165) is 25.7 Å². The Morgan fingerprint density at radius 1 is 1.23 bits per heavy atom. The molecule has 1 saturated heterocycles. The van der Waals surface area contributed by atoms with Crippen LogP contribution in [0.15, 0.2) is 25.3 Å². The Morgan fingerprint density at radius 3 is 1.92 bits per heavy atom. The molecule has 0 aliphatic carbocycles. The predicted molar refractivity (Wildman–Crippen MR) is 59.9 cm³/mol. The minimum atomic E-state index is -2.47. The molecule has 1 nitrogen and oxygen atoms in total. The van der Waals surface area contributed by atoms with Crippen molar-refractivity contribution in [1.82, 2.24) is 0 Å². The first-order valence-electron chi connectivity index (χ1n) is 4.63. The summed E-state index contributed by atoms with van der Waals surface area (Å²) < 4.78 is 12.1. The highest BCUT2D eigenvalue weighted by molar-refractivity contribution is 7.90. The molecule has 13 heavy (non-hydrogen) atoms. The third-order valence-electron chi connectivity index (χ3n) is 2.71. The Labute approximate surface area is 85.0 Å². The largest absolute Gasteiger partial charge is 0.306 e. The van der Waals surface area contributed by atoms with E-state index in [2.05, 4.69) is 13.2 Å². The maximum atomic E-state index is 12.1. The molecule has 0 unspecified atom stereocenters. The van der Waals surface area contributed by atoms with Gasteiger partial charge < -0.3 is 4.57 Å². The van der Waals surface area contributed by atoms with Crippen LogP contribution in [0.3, 0.4) is 0 Å². The molecule has 0 amide bonds. The van der Waals surface area contributed by atoms with Crippen molar-refractivity contribution in [2.75, 3.05) is 0 Å². The molecule has 74 valence electrons. The molecule has 1 heterocycles. The maximum Gasteiger partial charge on any atom is 0.175 e. The van der Waals surface area contributed by atoms with Crippen molar-refractivity contribution >= 4 is 17.7 Å². The average molecular weight is 219 g/mol. The molecular formula is C10H16ClOP. The fraction of sp³-hybridized carbons (Fsp3) is 0.600. The quantitative estimate of drug-likeness (QED) is 0.511. The van der Waals surface area contributed by atoms with E-state index >= 15 is 0 Å². The lowest BCUT2D eigenvalue weighted by Crippen LogP contribution is -2.02. The Kier molecular flexibility index (Phi) is 3.82. The van der Waals surface area contributed by atoms with Gasteiger partial charge in [0.25, 0.3) is 0 Å². The number of rotatable bonds is 4. The van der Waals surface area contributed by atoms with Gasteiger partial charge in [-0.25, -0.2) is 0 Å². The minimum absolute atomic E-state index is 0.164. The zero-order chi connectivity index (χ0) is 9.90. The molecule has 0 radical (unpaired) electrons. The summed E-state index contributed by atoms with van der Waals surface area (Å²) in [4.78, 5) is 0. The molecule has 0 spiro atoms. The van der Waals surface area contributed by atoms with Gasteiger partial charge in [0.05, 0.1) is 0 Å². The number of halogens is 1. The lowest BCUT2D eigenvalue weighted by molar-refractivity contribution is 0.575. The van der Waals surface area contributed by atoms with Crippen LogP contribution < -0.4 is 0 Å². The lowest BCUT2D eigenvalue weighted by Gasteiger charge is -2.17. The summed E-state index contributed by atoms with van der Waals surface area (Å²) >= 11 is 6.12. The van der Waals surface area contributed by atoms with Crippen LogP contribution in [0.25, 0.3) is 0 Å². The fourth-order valence-electron chi connectivity index (χ4n) is 1.94. The summed E-state index contributed by atoms with van der Waals surface area (Å²) in [6, 6.07) is 0. The van der Waals surface area contributed by atoms with Crippen LogP contribution in [0.5, 0.6) is 0 Å². The van der Waals surface area contributed by atoms with Crippen molar-refractivity contribution in [3.05, 3.63) is 25.3 Å². The predicted octanol–water partition coefficient (Wildman–Crippen LogP) is 4.19. The van der Waals surface area contributed by atoms with E-state index in [1.807, 2.05) is 12.2 Å². The summed E-state index contributed by atoms with van der Waals surface area (Å²) in [5.41, 5.74) is 0.327. The Balaban J connectivity index is 2.70. The van der Waals surface area contributed by atoms with Crippen LogP contribution >= 0.6 is 17.7 Å². The van der Waals surface area contributed by atoms with Crippen molar-refractivity contribution in [3.63, 3.8) is 0 Å². The third-order valence-corrected chi connectivity index (χ3v) is 7.29. The minimum Gasteiger partial charge on any atom is -0.306 e. The Hall–Kier alpha value is -0.0000000000000000555. The molecule has 3 heteroatoms. The lowest BCUT2D eigenvalue weighted by atomic mass is 10.1. The second-order valence-electron chi connectivity index (χ2n) is 3.56. The number of allylic oxidation sites excluding steroid dienone is 2. The molecule has 1 aliphatic rings. The van der Waals surface area contributed by atoms with Gasteiger partial charge >= 0.3 is 0 Å². The molecule has 1 rings (SSSR count). The van der Waals surface area contributed by atoms with Gasteiger partial charge in [-0.1, -0.05) is 23.4 Å². The van der Waals surface area contributed by atoms with E-state index in [1.165, 1.54) is 0 Å². The maximum absolute atomic E-state index is 12.1. The highest BCUT2D eigenvalue weighted by Gasteiger charge is 2.42. The summed E-state index contributed by atoms with van der Waals surface area (Å²) in [5, 5.41) is 0. The second-order valence-corrected chi connectivity index (χ2v) is 7.85. The Bertz CT molecular complexity index is 227. The van der Waals surface area contributed by atoms with Crippen LogP contribution in [-0.2, 0) is 4.57 Å². The molecule has 0 saturated carbocycles. The van der Waals surface area contributed by atoms with Gasteiger partial charge in [-0.05, 0) is 25.7 Å². The SMILES string of the molecule is C=CC[C@H]1CC[C@H](CC=C)P1(=O)Cl. The molecule has 1 aliphatic heterocycles. The molecule has 0 aromatic heterocycles. The first-order chi connectivity index (χ1) is 6.12. The Morgan fingerprint density at radius 2 is 1.62 bits per heavy atom. The standard InChI is InChI=1S/C10H16ClOP/c1-3-5-9-7-8-10(6-4-2)13(9,11)12/h3-4,9-10H,1-2,5-8H2/t9-,10-/m0/s1. The zero-order valence-corrected chi connectivity index (χ0v) is 9.44. The molecule has 0 aromatic carbocycles.